The van der Waals surface area contributed by atoms with Crippen LogP contribution in [0.1, 0.15) is 20.8 Å². The van der Waals surface area contributed by atoms with Crippen LogP contribution in [0.5, 0.6) is 0 Å². The molecule has 0 aromatic heterocycles. The highest BCUT2D eigenvalue weighted by atomic mass is 35.5. The highest BCUT2D eigenvalue weighted by Gasteiger charge is 2.40. The lowest BCUT2D eigenvalue weighted by Gasteiger charge is -2.32. The highest BCUT2D eigenvalue weighted by molar-refractivity contribution is 6.22. The van der Waals surface area contributed by atoms with Crippen LogP contribution < -0.4 is 0 Å². The van der Waals surface area contributed by atoms with Crippen LogP contribution in [0.2, 0.25) is 0 Å². The Bertz CT molecular complexity index is 137. The summed E-state index contributed by atoms with van der Waals surface area (Å²) in [5.74, 6) is 0. The molecule has 0 aromatic rings. The van der Waals surface area contributed by atoms with E-state index in [2.05, 4.69) is 0 Å². The lowest BCUT2D eigenvalue weighted by Crippen LogP contribution is -2.45. The van der Waals surface area contributed by atoms with Crippen LogP contribution in [0.25, 0.3) is 0 Å². The van der Waals surface area contributed by atoms with Gasteiger partial charge in [-0.25, -0.2) is 0 Å². The standard InChI is InChI=1S/C9H19ClO4/c1-5-12-8(11-4)9(10,13-6-2)14-7-3/h8H,5-7H2,1-4H3. The monoisotopic (exact) mass is 226 g/mol. The third-order valence-corrected chi connectivity index (χ3v) is 1.89. The molecule has 5 heteroatoms. The molecule has 0 heterocycles. The van der Waals surface area contributed by atoms with Gasteiger partial charge in [0.05, 0.1) is 0 Å². The topological polar surface area (TPSA) is 36.9 Å². The van der Waals surface area contributed by atoms with Gasteiger partial charge in [0, 0.05) is 26.9 Å². The minimum absolute atomic E-state index is 0.427. The molecule has 14 heavy (non-hydrogen) atoms. The highest BCUT2D eigenvalue weighted by Crippen LogP contribution is 2.26. The van der Waals surface area contributed by atoms with E-state index in [1.807, 2.05) is 20.8 Å². The van der Waals surface area contributed by atoms with Crippen LogP contribution in [0.4, 0.5) is 0 Å². The van der Waals surface area contributed by atoms with Crippen LogP contribution in [-0.4, -0.2) is 38.5 Å². The fraction of sp³-hybridized carbons (Fsp3) is 1.00. The molecule has 1 atom stereocenters. The van der Waals surface area contributed by atoms with Gasteiger partial charge in [0.1, 0.15) is 0 Å². The molecular weight excluding hydrogens is 208 g/mol. The Hall–Kier alpha value is 0.130. The van der Waals surface area contributed by atoms with Crippen molar-refractivity contribution in [3.63, 3.8) is 0 Å². The van der Waals surface area contributed by atoms with Gasteiger partial charge in [-0.15, -0.1) is 0 Å². The Balaban J connectivity index is 4.39. The first-order valence-corrected chi connectivity index (χ1v) is 5.13. The second-order valence-electron chi connectivity index (χ2n) is 2.47. The van der Waals surface area contributed by atoms with Crippen molar-refractivity contribution in [3.8, 4) is 0 Å². The number of ether oxygens (including phenoxy) is 4. The predicted octanol–water partition coefficient (Wildman–Crippen LogP) is 1.96. The molecule has 0 saturated carbocycles. The molecule has 0 bridgehead atoms. The molecule has 0 N–H and O–H groups in total. The van der Waals surface area contributed by atoms with E-state index < -0.39 is 11.5 Å². The molecule has 1 unspecified atom stereocenters. The van der Waals surface area contributed by atoms with Crippen LogP contribution in [0.3, 0.4) is 0 Å². The van der Waals surface area contributed by atoms with Gasteiger partial charge >= 0.3 is 5.25 Å². The maximum Gasteiger partial charge on any atom is 0.301 e. The van der Waals surface area contributed by atoms with Gasteiger partial charge in [0.15, 0.2) is 0 Å². The molecule has 0 aliphatic heterocycles. The van der Waals surface area contributed by atoms with Crippen LogP contribution >= 0.6 is 11.6 Å². The van der Waals surface area contributed by atoms with Crippen LogP contribution in [0.15, 0.2) is 0 Å². The van der Waals surface area contributed by atoms with Gasteiger partial charge < -0.3 is 18.9 Å². The van der Waals surface area contributed by atoms with E-state index in [-0.39, 0.29) is 0 Å². The molecule has 0 saturated heterocycles. The van der Waals surface area contributed by atoms with Gasteiger partial charge in [-0.1, -0.05) is 11.6 Å². The SMILES string of the molecule is CCOC(OC)C(Cl)(OCC)OCC. The Kier molecular flexibility index (Phi) is 7.49. The summed E-state index contributed by atoms with van der Waals surface area (Å²) in [6.45, 7) is 6.84. The first-order chi connectivity index (χ1) is 6.64. The van der Waals surface area contributed by atoms with E-state index >= 15 is 0 Å². The van der Waals surface area contributed by atoms with Crippen LogP contribution in [-0.2, 0) is 18.9 Å². The molecule has 0 spiro atoms. The maximum absolute atomic E-state index is 6.09. The number of hydrogen-bond donors (Lipinski definition) is 0. The number of alkyl halides is 1. The maximum atomic E-state index is 6.09. The Morgan fingerprint density at radius 2 is 1.57 bits per heavy atom. The van der Waals surface area contributed by atoms with Gasteiger partial charge in [0.2, 0.25) is 6.29 Å². The third-order valence-electron chi connectivity index (χ3n) is 1.50. The fourth-order valence-electron chi connectivity index (χ4n) is 1.03. The predicted molar refractivity (Wildman–Crippen MR) is 54.3 cm³/mol. The number of halogens is 1. The zero-order chi connectivity index (χ0) is 11.0. The van der Waals surface area contributed by atoms with Crippen molar-refractivity contribution >= 4 is 11.6 Å². The van der Waals surface area contributed by atoms with Crippen molar-refractivity contribution in [3.05, 3.63) is 0 Å². The van der Waals surface area contributed by atoms with Gasteiger partial charge in [-0.2, -0.15) is 0 Å². The van der Waals surface area contributed by atoms with Crippen molar-refractivity contribution in [2.24, 2.45) is 0 Å². The van der Waals surface area contributed by atoms with Crippen molar-refractivity contribution < 1.29 is 18.9 Å². The van der Waals surface area contributed by atoms with E-state index in [1.165, 1.54) is 7.11 Å². The number of hydrogen-bond acceptors (Lipinski definition) is 4. The summed E-state index contributed by atoms with van der Waals surface area (Å²) < 4.78 is 20.9. The van der Waals surface area contributed by atoms with E-state index in [0.29, 0.717) is 19.8 Å². The van der Waals surface area contributed by atoms with E-state index in [4.69, 9.17) is 30.5 Å². The summed E-state index contributed by atoms with van der Waals surface area (Å²) in [7, 11) is 1.50. The lowest BCUT2D eigenvalue weighted by molar-refractivity contribution is -0.301. The summed E-state index contributed by atoms with van der Waals surface area (Å²) in [6.07, 6.45) is -0.728. The Labute approximate surface area is 90.4 Å². The second-order valence-corrected chi connectivity index (χ2v) is 3.00. The van der Waals surface area contributed by atoms with Gasteiger partial charge in [0.25, 0.3) is 0 Å². The molecule has 0 aliphatic rings. The van der Waals surface area contributed by atoms with Crippen molar-refractivity contribution in [2.45, 2.75) is 32.3 Å². The smallest absolute Gasteiger partial charge is 0.301 e. The van der Waals surface area contributed by atoms with Crippen LogP contribution in [0, 0.1) is 0 Å². The molecule has 0 aromatic carbocycles. The zero-order valence-corrected chi connectivity index (χ0v) is 9.97. The molecule has 0 amide bonds. The molecule has 0 aliphatic carbocycles. The largest absolute Gasteiger partial charge is 0.350 e. The molecule has 86 valence electrons. The lowest BCUT2D eigenvalue weighted by atomic mass is 10.5. The minimum Gasteiger partial charge on any atom is -0.350 e. The molecular formula is C9H19ClO4. The quantitative estimate of drug-likeness (QED) is 0.468. The van der Waals surface area contributed by atoms with Gasteiger partial charge in [-0.05, 0) is 20.8 Å². The summed E-state index contributed by atoms with van der Waals surface area (Å²) in [4.78, 5) is 0. The number of methoxy groups -OCH3 is 1. The first kappa shape index (κ1) is 14.1. The van der Waals surface area contributed by atoms with E-state index in [0.717, 1.165) is 0 Å². The second kappa shape index (κ2) is 7.43. The molecule has 0 rings (SSSR count). The van der Waals surface area contributed by atoms with E-state index in [1.54, 1.807) is 0 Å². The molecule has 0 radical (unpaired) electrons. The average molecular weight is 227 g/mol. The van der Waals surface area contributed by atoms with Gasteiger partial charge in [-0.3, -0.25) is 0 Å². The normalized spacial score (nSPS) is 14.4. The van der Waals surface area contributed by atoms with Crippen molar-refractivity contribution in [2.75, 3.05) is 26.9 Å². The average Bonchev–Trinajstić information content (AvgIpc) is 2.14. The zero-order valence-electron chi connectivity index (χ0n) is 9.21. The van der Waals surface area contributed by atoms with Crippen molar-refractivity contribution in [1.29, 1.82) is 0 Å². The summed E-state index contributed by atoms with van der Waals surface area (Å²) in [6, 6.07) is 0. The Morgan fingerprint density at radius 3 is 1.86 bits per heavy atom. The summed E-state index contributed by atoms with van der Waals surface area (Å²) in [5, 5.41) is -1.35. The summed E-state index contributed by atoms with van der Waals surface area (Å²) in [5.41, 5.74) is 0. The summed E-state index contributed by atoms with van der Waals surface area (Å²) >= 11 is 6.09. The third kappa shape index (κ3) is 4.11. The van der Waals surface area contributed by atoms with E-state index in [9.17, 15) is 0 Å². The first-order valence-electron chi connectivity index (χ1n) is 4.75. The number of rotatable bonds is 8. The van der Waals surface area contributed by atoms with Crippen molar-refractivity contribution in [1.82, 2.24) is 0 Å². The minimum atomic E-state index is -1.35. The molecule has 4 nitrogen and oxygen atoms in total. The molecule has 0 fully saturated rings. The Morgan fingerprint density at radius 1 is 1.07 bits per heavy atom. The fourth-order valence-corrected chi connectivity index (χ4v) is 1.40.